The summed E-state index contributed by atoms with van der Waals surface area (Å²) in [7, 11) is 0. The zero-order valence-corrected chi connectivity index (χ0v) is 15.5. The van der Waals surface area contributed by atoms with Crippen molar-refractivity contribution < 1.29 is 9.59 Å². The highest BCUT2D eigenvalue weighted by Crippen LogP contribution is 2.11. The number of hydrogen-bond donors (Lipinski definition) is 1. The zero-order valence-electron chi connectivity index (χ0n) is 15.5. The average molecular weight is 358 g/mol. The summed E-state index contributed by atoms with van der Waals surface area (Å²) < 4.78 is 0. The van der Waals surface area contributed by atoms with Crippen molar-refractivity contribution in [1.82, 2.24) is 14.7 Å². The van der Waals surface area contributed by atoms with Crippen molar-refractivity contribution in [1.29, 1.82) is 0 Å². The molecule has 2 amide bonds. The van der Waals surface area contributed by atoms with Crippen LogP contribution in [0.2, 0.25) is 0 Å². The molecule has 0 radical (unpaired) electrons. The number of carbonyl (C=O) groups excluding carboxylic acids is 2. The van der Waals surface area contributed by atoms with Crippen LogP contribution in [-0.2, 0) is 16.0 Å². The molecule has 0 aliphatic carbocycles. The Morgan fingerprint density at radius 3 is 2.31 bits per heavy atom. The van der Waals surface area contributed by atoms with Gasteiger partial charge in [0.05, 0.1) is 12.6 Å². The Bertz CT molecular complexity index is 601. The van der Waals surface area contributed by atoms with Crippen molar-refractivity contribution in [3.05, 3.63) is 35.9 Å². The maximum Gasteiger partial charge on any atom is 0.239 e. The molecule has 2 aliphatic heterocycles. The van der Waals surface area contributed by atoms with E-state index in [1.54, 1.807) is 0 Å². The van der Waals surface area contributed by atoms with E-state index >= 15 is 0 Å². The summed E-state index contributed by atoms with van der Waals surface area (Å²) in [6, 6.07) is 9.39. The Morgan fingerprint density at radius 1 is 0.885 bits per heavy atom. The van der Waals surface area contributed by atoms with E-state index in [1.807, 2.05) is 40.1 Å². The van der Waals surface area contributed by atoms with Crippen LogP contribution in [0.15, 0.2) is 30.3 Å². The van der Waals surface area contributed by atoms with Gasteiger partial charge in [0.25, 0.3) is 0 Å². The van der Waals surface area contributed by atoms with Gasteiger partial charge in [-0.25, -0.2) is 0 Å². The van der Waals surface area contributed by atoms with E-state index in [9.17, 15) is 9.59 Å². The molecule has 6 nitrogen and oxygen atoms in total. The molecule has 2 heterocycles. The van der Waals surface area contributed by atoms with Crippen LogP contribution in [0.5, 0.6) is 0 Å². The Hall–Kier alpha value is -1.92. The highest BCUT2D eigenvalue weighted by molar-refractivity contribution is 5.82. The van der Waals surface area contributed by atoms with Gasteiger partial charge in [-0.2, -0.15) is 0 Å². The molecule has 2 N–H and O–H groups in total. The van der Waals surface area contributed by atoms with Crippen molar-refractivity contribution >= 4 is 11.8 Å². The summed E-state index contributed by atoms with van der Waals surface area (Å²) >= 11 is 0. The van der Waals surface area contributed by atoms with E-state index in [4.69, 9.17) is 5.73 Å². The second-order valence-electron chi connectivity index (χ2n) is 7.34. The molecule has 1 aromatic rings. The summed E-state index contributed by atoms with van der Waals surface area (Å²) in [5.41, 5.74) is 7.25. The summed E-state index contributed by atoms with van der Waals surface area (Å²) in [5.74, 6) is 0.240. The summed E-state index contributed by atoms with van der Waals surface area (Å²) in [6.07, 6.45) is 3.69. The molecule has 1 aromatic carbocycles. The van der Waals surface area contributed by atoms with Crippen molar-refractivity contribution in [3.8, 4) is 0 Å². The summed E-state index contributed by atoms with van der Waals surface area (Å²) in [4.78, 5) is 31.0. The molecule has 1 unspecified atom stereocenters. The number of hydrogen-bond acceptors (Lipinski definition) is 4. The monoisotopic (exact) mass is 358 g/mol. The number of rotatable bonds is 5. The van der Waals surface area contributed by atoms with Gasteiger partial charge in [-0.3, -0.25) is 14.5 Å². The Morgan fingerprint density at radius 2 is 1.58 bits per heavy atom. The third-order valence-electron chi connectivity index (χ3n) is 5.33. The first-order chi connectivity index (χ1) is 12.6. The lowest BCUT2D eigenvalue weighted by molar-refractivity contribution is -0.132. The van der Waals surface area contributed by atoms with Crippen molar-refractivity contribution in [3.63, 3.8) is 0 Å². The van der Waals surface area contributed by atoms with Crippen LogP contribution in [0.4, 0.5) is 0 Å². The SMILES string of the molecule is NC(Cc1ccccc1)C(=O)N1CCCN(CC(=O)N2CCCC2)CC1. The third-order valence-corrected chi connectivity index (χ3v) is 5.33. The van der Waals surface area contributed by atoms with E-state index in [0.717, 1.165) is 57.5 Å². The van der Waals surface area contributed by atoms with Gasteiger partial charge in [0.15, 0.2) is 0 Å². The minimum absolute atomic E-state index is 0.0153. The first kappa shape index (κ1) is 18.9. The lowest BCUT2D eigenvalue weighted by Gasteiger charge is -2.25. The van der Waals surface area contributed by atoms with Crippen LogP contribution >= 0.6 is 0 Å². The number of benzene rings is 1. The highest BCUT2D eigenvalue weighted by Gasteiger charge is 2.26. The summed E-state index contributed by atoms with van der Waals surface area (Å²) in [5, 5.41) is 0. The third kappa shape index (κ3) is 5.05. The first-order valence-electron chi connectivity index (χ1n) is 9.72. The number of carbonyl (C=O) groups is 2. The van der Waals surface area contributed by atoms with E-state index < -0.39 is 6.04 Å². The Balaban J connectivity index is 1.48. The van der Waals surface area contributed by atoms with Gasteiger partial charge in [-0.15, -0.1) is 0 Å². The smallest absolute Gasteiger partial charge is 0.239 e. The largest absolute Gasteiger partial charge is 0.342 e. The first-order valence-corrected chi connectivity index (χ1v) is 9.72. The number of nitrogens with zero attached hydrogens (tertiary/aromatic N) is 3. The minimum atomic E-state index is -0.504. The predicted molar refractivity (Wildman–Crippen MR) is 102 cm³/mol. The van der Waals surface area contributed by atoms with Crippen molar-refractivity contribution in [2.24, 2.45) is 5.73 Å². The Labute approximate surface area is 155 Å². The van der Waals surface area contributed by atoms with Gasteiger partial charge in [-0.05, 0) is 31.2 Å². The van der Waals surface area contributed by atoms with Gasteiger partial charge in [-0.1, -0.05) is 30.3 Å². The molecule has 26 heavy (non-hydrogen) atoms. The molecule has 142 valence electrons. The molecule has 0 saturated carbocycles. The maximum atomic E-state index is 12.7. The Kier molecular flexibility index (Phi) is 6.63. The molecule has 2 fully saturated rings. The number of amides is 2. The molecule has 6 heteroatoms. The maximum absolute atomic E-state index is 12.7. The lowest BCUT2D eigenvalue weighted by Crippen LogP contribution is -2.46. The quantitative estimate of drug-likeness (QED) is 0.842. The van der Waals surface area contributed by atoms with E-state index in [1.165, 1.54) is 0 Å². The predicted octanol–water partition coefficient (Wildman–Crippen LogP) is 0.713. The van der Waals surface area contributed by atoms with Gasteiger partial charge in [0.1, 0.15) is 0 Å². The summed E-state index contributed by atoms with van der Waals surface area (Å²) in [6.45, 7) is 5.22. The van der Waals surface area contributed by atoms with Crippen molar-refractivity contribution in [2.45, 2.75) is 31.7 Å². The van der Waals surface area contributed by atoms with Crippen LogP contribution in [0, 0.1) is 0 Å². The van der Waals surface area contributed by atoms with Crippen LogP contribution in [0.1, 0.15) is 24.8 Å². The normalized spacial score (nSPS) is 20.0. The minimum Gasteiger partial charge on any atom is -0.342 e. The van der Waals surface area contributed by atoms with Crippen LogP contribution < -0.4 is 5.73 Å². The molecule has 0 bridgehead atoms. The van der Waals surface area contributed by atoms with Gasteiger partial charge >= 0.3 is 0 Å². The van der Waals surface area contributed by atoms with Crippen molar-refractivity contribution in [2.75, 3.05) is 45.8 Å². The average Bonchev–Trinajstić information content (AvgIpc) is 3.10. The molecule has 0 spiro atoms. The topological polar surface area (TPSA) is 69.9 Å². The molecule has 2 saturated heterocycles. The standard InChI is InChI=1S/C20H30N4O2/c21-18(15-17-7-2-1-3-8-17)20(26)24-12-6-9-22(13-14-24)16-19(25)23-10-4-5-11-23/h1-3,7-8,18H,4-6,9-16,21H2. The molecular weight excluding hydrogens is 328 g/mol. The van der Waals surface area contributed by atoms with Gasteiger partial charge in [0, 0.05) is 39.3 Å². The second kappa shape index (κ2) is 9.14. The number of nitrogens with two attached hydrogens (primary N) is 1. The fourth-order valence-electron chi connectivity index (χ4n) is 3.80. The highest BCUT2D eigenvalue weighted by atomic mass is 16.2. The fourth-order valence-corrected chi connectivity index (χ4v) is 3.80. The van der Waals surface area contributed by atoms with Crippen LogP contribution in [0.3, 0.4) is 0 Å². The van der Waals surface area contributed by atoms with E-state index in [-0.39, 0.29) is 11.8 Å². The molecule has 0 aromatic heterocycles. The van der Waals surface area contributed by atoms with E-state index in [2.05, 4.69) is 4.90 Å². The zero-order chi connectivity index (χ0) is 18.4. The molecular formula is C20H30N4O2. The van der Waals surface area contributed by atoms with Gasteiger partial charge in [0.2, 0.25) is 11.8 Å². The molecule has 3 rings (SSSR count). The second-order valence-corrected chi connectivity index (χ2v) is 7.34. The molecule has 2 aliphatic rings. The lowest BCUT2D eigenvalue weighted by atomic mass is 10.1. The number of likely N-dealkylation sites (tertiary alicyclic amines) is 1. The van der Waals surface area contributed by atoms with Crippen LogP contribution in [-0.4, -0.2) is 78.4 Å². The van der Waals surface area contributed by atoms with Crippen LogP contribution in [0.25, 0.3) is 0 Å². The fraction of sp³-hybridized carbons (Fsp3) is 0.600. The molecule has 1 atom stereocenters. The van der Waals surface area contributed by atoms with E-state index in [0.29, 0.717) is 19.5 Å². The van der Waals surface area contributed by atoms with Gasteiger partial charge < -0.3 is 15.5 Å².